The van der Waals surface area contributed by atoms with Gasteiger partial charge >= 0.3 is 48.7 Å². The molecule has 0 bridgehead atoms. The molecule has 0 radical (unpaired) electrons. The fourth-order valence-electron chi connectivity index (χ4n) is 14.3. The maximum atomic E-state index is 14.9. The van der Waals surface area contributed by atoms with Crippen LogP contribution in [-0.4, -0.2) is 220 Å². The van der Waals surface area contributed by atoms with E-state index in [-0.39, 0.29) is 103 Å². The molecule has 19 rings (SSSR count). The number of benzene rings is 4. The predicted molar refractivity (Wildman–Crippen MR) is 442 cm³/mol. The van der Waals surface area contributed by atoms with Gasteiger partial charge in [0.2, 0.25) is 0 Å². The van der Waals surface area contributed by atoms with E-state index in [4.69, 9.17) is 52.0 Å². The summed E-state index contributed by atoms with van der Waals surface area (Å²) in [6.07, 6.45) is 4.53. The Kier molecular flexibility index (Phi) is 27.7. The number of rotatable bonds is 22. The number of carbonyl (C=O) groups is 8. The number of carbonyl (C=O) groups excluding carboxylic acids is 8. The average Bonchev–Trinajstić information content (AvgIpc) is 1.58. The third-order valence-electron chi connectivity index (χ3n) is 21.0. The fourth-order valence-corrected chi connectivity index (χ4v) is 14.7. The quantitative estimate of drug-likeness (QED) is 0.0374. The van der Waals surface area contributed by atoms with Crippen LogP contribution < -0.4 is 39.2 Å². The molecule has 8 amide bonds. The summed E-state index contributed by atoms with van der Waals surface area (Å²) in [4.78, 5) is 121. The van der Waals surface area contributed by atoms with E-state index in [1.807, 2.05) is 6.92 Å². The summed E-state index contributed by atoms with van der Waals surface area (Å²) in [7, 11) is -3.75. The summed E-state index contributed by atoms with van der Waals surface area (Å²) in [5, 5.41) is 20.2. The molecule has 0 unspecified atom stereocenters. The first-order valence-electron chi connectivity index (χ1n) is 40.1. The Bertz CT molecular complexity index is 6020. The van der Waals surface area contributed by atoms with Gasteiger partial charge in [-0.3, -0.25) is 43.4 Å². The third kappa shape index (κ3) is 20.6. The first-order valence-corrected chi connectivity index (χ1v) is 41.9. The molecule has 0 saturated carbocycles. The molecule has 11 aromatic rings. The van der Waals surface area contributed by atoms with Gasteiger partial charge in [0.05, 0.1) is 105 Å². The third-order valence-corrected chi connectivity index (χ3v) is 21.5. The van der Waals surface area contributed by atoms with Crippen LogP contribution in [0.2, 0.25) is 0 Å². The van der Waals surface area contributed by atoms with Crippen LogP contribution in [0.1, 0.15) is 29.9 Å². The monoisotopic (exact) mass is 1860 g/mol. The summed E-state index contributed by atoms with van der Waals surface area (Å²) < 4.78 is 199. The number of anilines is 8. The van der Waals surface area contributed by atoms with Gasteiger partial charge in [0.15, 0.2) is 46.5 Å². The van der Waals surface area contributed by atoms with E-state index in [1.165, 1.54) is 154 Å². The van der Waals surface area contributed by atoms with Crippen molar-refractivity contribution >= 4 is 105 Å². The molecule has 132 heavy (non-hydrogen) atoms. The Morgan fingerprint density at radius 3 is 0.879 bits per heavy atom. The van der Waals surface area contributed by atoms with Gasteiger partial charge in [-0.1, -0.05) is 15.5 Å². The topological polar surface area (TPSA) is 430 Å². The summed E-state index contributed by atoms with van der Waals surface area (Å²) in [6, 6.07) is 27.9. The number of halogens is 8. The van der Waals surface area contributed by atoms with Crippen LogP contribution in [0.4, 0.5) is 120 Å². The van der Waals surface area contributed by atoms with Gasteiger partial charge in [-0.05, 0) is 130 Å². The van der Waals surface area contributed by atoms with Crippen LogP contribution in [-0.2, 0) is 65.0 Å². The summed E-state index contributed by atoms with van der Waals surface area (Å²) in [5.41, 5.74) is 2.35. The Hall–Kier alpha value is -15.4. The first kappa shape index (κ1) is 91.3. The van der Waals surface area contributed by atoms with Crippen LogP contribution in [0.5, 0.6) is 0 Å². The lowest BCUT2D eigenvalue weighted by Crippen LogP contribution is -2.27. The maximum absolute atomic E-state index is 14.9. The number of aliphatic hydroxyl groups is 1. The van der Waals surface area contributed by atoms with Crippen molar-refractivity contribution in [2.45, 2.75) is 57.0 Å². The van der Waals surface area contributed by atoms with Crippen molar-refractivity contribution in [2.75, 3.05) is 137 Å². The Morgan fingerprint density at radius 1 is 0.356 bits per heavy atom. The van der Waals surface area contributed by atoms with Crippen LogP contribution >= 0.6 is 0 Å². The van der Waals surface area contributed by atoms with Crippen molar-refractivity contribution < 1.29 is 143 Å². The van der Waals surface area contributed by atoms with Crippen LogP contribution in [0.25, 0.3) is 44.5 Å². The van der Waals surface area contributed by atoms with Gasteiger partial charge in [0.1, 0.15) is 99.5 Å². The number of cyclic esters (lactones) is 8. The van der Waals surface area contributed by atoms with E-state index in [9.17, 15) is 81.9 Å². The SMILES string of the molecule is CS(=O)(=O)OC[C@H]1CN(c2ccc(-c3ccc(N4CCOC4=O)nc3)c(F)c2F)C(=O)O1.Cc1ccon1.O=C1OCCN1c1ccc(-c2ccc(N3C[C@H](CCc4ccon4)OC3=O)c(F)c2F)cn1.O=C1OCCN1c1ccc(-c2ccc(N3C[C@H](CCc4ccon4)OC3=O)c(F)c2F)cn1.O=C1OCCN1c1ccc(-c2ccc(N3C[C@H](CO)OC3=O)c(F)c2F)cn1. The second kappa shape index (κ2) is 40.1. The highest BCUT2D eigenvalue weighted by atomic mass is 32.2. The molecule has 8 aliphatic heterocycles. The highest BCUT2D eigenvalue weighted by Gasteiger charge is 2.41. The van der Waals surface area contributed by atoms with Gasteiger partial charge in [0.25, 0.3) is 10.1 Å². The molecular weight excluding hydrogens is 1780 g/mol. The van der Waals surface area contributed by atoms with E-state index in [0.717, 1.165) is 31.5 Å². The van der Waals surface area contributed by atoms with Crippen molar-refractivity contribution in [1.29, 1.82) is 0 Å². The first-order chi connectivity index (χ1) is 63.5. The van der Waals surface area contributed by atoms with Crippen molar-refractivity contribution in [3.63, 3.8) is 0 Å². The fraction of sp³-hybridized carbons (Fsp3) is 0.282. The van der Waals surface area contributed by atoms with Crippen LogP contribution in [0.3, 0.4) is 0 Å². The molecule has 0 spiro atoms. The second-order valence-corrected chi connectivity index (χ2v) is 31.2. The average molecular weight is 1860 g/mol. The second-order valence-electron chi connectivity index (χ2n) is 29.6. The molecule has 4 aromatic carbocycles. The number of nitrogens with zero attached hydrogens (tertiary/aromatic N) is 15. The highest BCUT2D eigenvalue weighted by Crippen LogP contribution is 2.40. The number of aromatic nitrogens is 7. The number of amides is 8. The molecule has 7 aromatic heterocycles. The highest BCUT2D eigenvalue weighted by molar-refractivity contribution is 7.86. The molecule has 8 saturated heterocycles. The minimum atomic E-state index is -3.75. The van der Waals surface area contributed by atoms with E-state index >= 15 is 0 Å². The lowest BCUT2D eigenvalue weighted by molar-refractivity contribution is 0.0963. The van der Waals surface area contributed by atoms with Crippen molar-refractivity contribution in [2.24, 2.45) is 0 Å². The Morgan fingerprint density at radius 2 is 0.644 bits per heavy atom. The number of ether oxygens (including phenoxy) is 8. The minimum absolute atomic E-state index is 0.0190. The molecule has 1 N–H and O–H groups in total. The lowest BCUT2D eigenvalue weighted by atomic mass is 10.1. The summed E-state index contributed by atoms with van der Waals surface area (Å²) in [6.45, 7) is 3.40. The largest absolute Gasteiger partial charge is 0.447 e. The molecule has 38 nitrogen and oxygen atoms in total. The van der Waals surface area contributed by atoms with Gasteiger partial charge in [-0.2, -0.15) is 8.42 Å². The van der Waals surface area contributed by atoms with Crippen molar-refractivity contribution in [1.82, 2.24) is 35.4 Å². The molecule has 4 atom stereocenters. The normalized spacial score (nSPS) is 18.1. The molecular formula is C85H73F8N15O23S. The van der Waals surface area contributed by atoms with Crippen molar-refractivity contribution in [3.8, 4) is 44.5 Å². The number of pyridine rings is 4. The number of aliphatic hydroxyl groups excluding tert-OH is 1. The van der Waals surface area contributed by atoms with E-state index in [1.54, 1.807) is 24.5 Å². The van der Waals surface area contributed by atoms with Crippen LogP contribution in [0, 0.1) is 53.5 Å². The van der Waals surface area contributed by atoms with Gasteiger partial charge in [0, 0.05) is 87.5 Å². The number of hydrogen-bond acceptors (Lipinski definition) is 30. The van der Waals surface area contributed by atoms with Gasteiger partial charge in [-0.25, -0.2) is 93.4 Å². The molecule has 8 fully saturated rings. The molecule has 8 aliphatic rings. The predicted octanol–water partition coefficient (Wildman–Crippen LogP) is 13.4. The lowest BCUT2D eigenvalue weighted by Gasteiger charge is -2.16. The molecule has 47 heteroatoms. The van der Waals surface area contributed by atoms with E-state index in [0.29, 0.717) is 103 Å². The minimum Gasteiger partial charge on any atom is -0.447 e. The molecule has 0 aliphatic carbocycles. The number of hydrogen-bond donors (Lipinski definition) is 1. The zero-order valence-electron chi connectivity index (χ0n) is 69.1. The summed E-state index contributed by atoms with van der Waals surface area (Å²) >= 11 is 0. The molecule has 688 valence electrons. The standard InChI is InChI=1S/2C22H18F2N4O5.C19H17F2N3O7S.C18H15F2N3O5.C4H5NO/c2*23-19-16(13-1-6-18(25-11-13)27-8-10-31-21(27)29)4-5-17(20(19)24)28-12-15(33-22(28)30)3-2-14-7-9-32-26-14;1-32(27,28)30-10-12-9-24(19(26)31-12)14-4-3-13(16(20)17(14)21)11-2-5-15(22-8-11)23-6-7-29-18(23)25;19-15-12(10-1-4-14(21-7-10)22-5-6-27-17(22)25)2-3-13(16(15)20)23-8-11(9-24)28-18(23)26;1-4-2-3-6-5-4/h2*1,4-7,9,11,15H,2-3,8,10,12H2;2-5,8,12H,6-7,9-10H2,1H3;1-4,7,11,24H,5-6,8-9H2;2-3H,1H3/t2*15-;12-;11-;/m0011./s1. The van der Waals surface area contributed by atoms with Crippen LogP contribution in [0.15, 0.2) is 172 Å². The van der Waals surface area contributed by atoms with Gasteiger partial charge < -0.3 is 56.6 Å². The van der Waals surface area contributed by atoms with Crippen molar-refractivity contribution in [3.05, 3.63) is 222 Å². The number of aryl methyl sites for hydroxylation is 3. The van der Waals surface area contributed by atoms with E-state index < -0.39 is 143 Å². The Labute approximate surface area is 741 Å². The smallest absolute Gasteiger partial charge is 0.415 e. The zero-order chi connectivity index (χ0) is 93.2. The summed E-state index contributed by atoms with van der Waals surface area (Å²) in [5.74, 6) is -8.00. The Balaban J connectivity index is 0.000000132. The maximum Gasteiger partial charge on any atom is 0.415 e. The van der Waals surface area contributed by atoms with E-state index in [2.05, 4.69) is 44.1 Å². The zero-order valence-corrected chi connectivity index (χ0v) is 69.9. The van der Waals surface area contributed by atoms with Gasteiger partial charge in [-0.15, -0.1) is 0 Å². The molecule has 15 heterocycles.